The Labute approximate surface area is 120 Å². The second-order valence-corrected chi connectivity index (χ2v) is 4.58. The van der Waals surface area contributed by atoms with Crippen molar-refractivity contribution < 1.29 is 14.0 Å². The molecule has 0 aliphatic rings. The summed E-state index contributed by atoms with van der Waals surface area (Å²) in [4.78, 5) is 22.5. The Hall–Kier alpha value is -2.20. The predicted octanol–water partition coefficient (Wildman–Crippen LogP) is 3.47. The average molecular weight is 292 g/mol. The van der Waals surface area contributed by atoms with Crippen molar-refractivity contribution in [1.82, 2.24) is 0 Å². The molecule has 0 atom stereocenters. The molecule has 0 aliphatic carbocycles. The van der Waals surface area contributed by atoms with E-state index in [1.165, 1.54) is 24.3 Å². The van der Waals surface area contributed by atoms with Gasteiger partial charge in [-0.1, -0.05) is 29.8 Å². The number of carbonyl (C=O) groups is 2. The van der Waals surface area contributed by atoms with Crippen LogP contribution in [0.5, 0.6) is 0 Å². The van der Waals surface area contributed by atoms with E-state index in [-0.39, 0.29) is 17.0 Å². The first-order valence-electron chi connectivity index (χ1n) is 5.88. The quantitative estimate of drug-likeness (QED) is 0.877. The standard InChI is InChI=1S/C15H11ClFNO2/c16-13-5-2-6-14(17)12(13)8-15(20)18-11-4-1-3-10(7-11)9-19/h1-7,9H,8H2,(H,18,20). The lowest BCUT2D eigenvalue weighted by Gasteiger charge is -2.08. The number of aldehydes is 1. The van der Waals surface area contributed by atoms with Crippen LogP contribution in [0, 0.1) is 5.82 Å². The van der Waals surface area contributed by atoms with Gasteiger partial charge in [0.1, 0.15) is 12.1 Å². The van der Waals surface area contributed by atoms with E-state index in [0.29, 0.717) is 17.5 Å². The summed E-state index contributed by atoms with van der Waals surface area (Å²) in [5.41, 5.74) is 1.08. The summed E-state index contributed by atoms with van der Waals surface area (Å²) in [6.45, 7) is 0. The molecule has 1 amide bonds. The number of halogens is 2. The largest absolute Gasteiger partial charge is 0.326 e. The first-order chi connectivity index (χ1) is 9.60. The minimum atomic E-state index is -0.519. The lowest BCUT2D eigenvalue weighted by atomic mass is 10.1. The molecule has 2 aromatic rings. The maximum atomic E-state index is 13.6. The van der Waals surface area contributed by atoms with Gasteiger partial charge in [-0.15, -0.1) is 0 Å². The van der Waals surface area contributed by atoms with Crippen LogP contribution in [0.25, 0.3) is 0 Å². The number of amides is 1. The number of benzene rings is 2. The fourth-order valence-corrected chi connectivity index (χ4v) is 1.99. The van der Waals surface area contributed by atoms with Crippen LogP contribution in [-0.4, -0.2) is 12.2 Å². The summed E-state index contributed by atoms with van der Waals surface area (Å²) in [5.74, 6) is -0.922. The van der Waals surface area contributed by atoms with Gasteiger partial charge in [0.15, 0.2) is 0 Å². The normalized spacial score (nSPS) is 10.1. The van der Waals surface area contributed by atoms with Crippen LogP contribution < -0.4 is 5.32 Å². The molecule has 5 heteroatoms. The van der Waals surface area contributed by atoms with Gasteiger partial charge in [-0.3, -0.25) is 9.59 Å². The molecule has 0 unspecified atom stereocenters. The smallest absolute Gasteiger partial charge is 0.228 e. The minimum absolute atomic E-state index is 0.151. The van der Waals surface area contributed by atoms with Crippen molar-refractivity contribution >= 4 is 29.5 Å². The van der Waals surface area contributed by atoms with Crippen LogP contribution in [-0.2, 0) is 11.2 Å². The Morgan fingerprint density at radius 2 is 2.00 bits per heavy atom. The maximum absolute atomic E-state index is 13.6. The number of hydrogen-bond acceptors (Lipinski definition) is 2. The molecule has 0 radical (unpaired) electrons. The highest BCUT2D eigenvalue weighted by atomic mass is 35.5. The summed E-state index contributed by atoms with van der Waals surface area (Å²) in [6, 6.07) is 10.7. The molecule has 0 saturated heterocycles. The SMILES string of the molecule is O=Cc1cccc(NC(=O)Cc2c(F)cccc2Cl)c1. The van der Waals surface area contributed by atoms with Gasteiger partial charge in [0.2, 0.25) is 5.91 Å². The minimum Gasteiger partial charge on any atom is -0.326 e. The average Bonchev–Trinajstić information content (AvgIpc) is 2.43. The molecule has 0 aromatic heterocycles. The molecule has 0 heterocycles. The van der Waals surface area contributed by atoms with E-state index in [2.05, 4.69) is 5.32 Å². The van der Waals surface area contributed by atoms with Gasteiger partial charge in [0, 0.05) is 21.8 Å². The number of nitrogens with one attached hydrogen (secondary N) is 1. The summed E-state index contributed by atoms with van der Waals surface area (Å²) in [7, 11) is 0. The molecular formula is C15H11ClFNO2. The highest BCUT2D eigenvalue weighted by Crippen LogP contribution is 2.20. The number of rotatable bonds is 4. The second kappa shape index (κ2) is 6.30. The Bertz CT molecular complexity index is 638. The molecule has 20 heavy (non-hydrogen) atoms. The van der Waals surface area contributed by atoms with Gasteiger partial charge in [-0.25, -0.2) is 4.39 Å². The summed E-state index contributed by atoms with van der Waals surface area (Å²) >= 11 is 5.86. The van der Waals surface area contributed by atoms with Crippen LogP contribution in [0.2, 0.25) is 5.02 Å². The second-order valence-electron chi connectivity index (χ2n) is 4.17. The molecule has 3 nitrogen and oxygen atoms in total. The van der Waals surface area contributed by atoms with E-state index in [9.17, 15) is 14.0 Å². The Morgan fingerprint density at radius 1 is 1.25 bits per heavy atom. The number of carbonyl (C=O) groups excluding carboxylic acids is 2. The molecule has 0 aliphatic heterocycles. The van der Waals surface area contributed by atoms with Crippen LogP contribution in [0.4, 0.5) is 10.1 Å². The predicted molar refractivity (Wildman–Crippen MR) is 75.6 cm³/mol. The zero-order valence-electron chi connectivity index (χ0n) is 10.4. The van der Waals surface area contributed by atoms with E-state index in [0.717, 1.165) is 0 Å². The fourth-order valence-electron chi connectivity index (χ4n) is 1.76. The van der Waals surface area contributed by atoms with Crippen molar-refractivity contribution in [3.8, 4) is 0 Å². The highest BCUT2D eigenvalue weighted by molar-refractivity contribution is 6.31. The van der Waals surface area contributed by atoms with Crippen molar-refractivity contribution in [3.63, 3.8) is 0 Å². The van der Waals surface area contributed by atoms with E-state index in [4.69, 9.17) is 11.6 Å². The Balaban J connectivity index is 2.11. The van der Waals surface area contributed by atoms with Crippen LogP contribution in [0.15, 0.2) is 42.5 Å². The van der Waals surface area contributed by atoms with Crippen LogP contribution in [0.1, 0.15) is 15.9 Å². The molecule has 2 rings (SSSR count). The topological polar surface area (TPSA) is 46.2 Å². The molecule has 0 bridgehead atoms. The first kappa shape index (κ1) is 14.2. The monoisotopic (exact) mass is 291 g/mol. The van der Waals surface area contributed by atoms with Gasteiger partial charge in [-0.2, -0.15) is 0 Å². The molecule has 0 fully saturated rings. The number of hydrogen-bond donors (Lipinski definition) is 1. The third-order valence-corrected chi connectivity index (χ3v) is 3.06. The highest BCUT2D eigenvalue weighted by Gasteiger charge is 2.12. The molecule has 1 N–H and O–H groups in total. The lowest BCUT2D eigenvalue weighted by Crippen LogP contribution is -2.15. The van der Waals surface area contributed by atoms with E-state index in [1.807, 2.05) is 0 Å². The zero-order chi connectivity index (χ0) is 14.5. The molecular weight excluding hydrogens is 281 g/mol. The molecule has 0 spiro atoms. The van der Waals surface area contributed by atoms with Gasteiger partial charge >= 0.3 is 0 Å². The van der Waals surface area contributed by atoms with Crippen molar-refractivity contribution in [2.24, 2.45) is 0 Å². The molecule has 0 saturated carbocycles. The van der Waals surface area contributed by atoms with Crippen molar-refractivity contribution in [2.45, 2.75) is 6.42 Å². The molecule has 102 valence electrons. The van der Waals surface area contributed by atoms with Crippen molar-refractivity contribution in [1.29, 1.82) is 0 Å². The third-order valence-electron chi connectivity index (χ3n) is 2.71. The molecule has 2 aromatic carbocycles. The van der Waals surface area contributed by atoms with Gasteiger partial charge in [0.25, 0.3) is 0 Å². The van der Waals surface area contributed by atoms with Crippen LogP contribution >= 0.6 is 11.6 Å². The van der Waals surface area contributed by atoms with Crippen molar-refractivity contribution in [3.05, 3.63) is 64.4 Å². The van der Waals surface area contributed by atoms with Gasteiger partial charge < -0.3 is 5.32 Å². The van der Waals surface area contributed by atoms with E-state index in [1.54, 1.807) is 18.2 Å². The zero-order valence-corrected chi connectivity index (χ0v) is 11.2. The third kappa shape index (κ3) is 3.42. The number of anilines is 1. The fraction of sp³-hybridized carbons (Fsp3) is 0.0667. The summed E-state index contributed by atoms with van der Waals surface area (Å²) in [5, 5.41) is 2.81. The van der Waals surface area contributed by atoms with E-state index < -0.39 is 11.7 Å². The first-order valence-corrected chi connectivity index (χ1v) is 6.26. The summed E-state index contributed by atoms with van der Waals surface area (Å²) < 4.78 is 13.6. The Morgan fingerprint density at radius 3 is 2.70 bits per heavy atom. The van der Waals surface area contributed by atoms with Crippen LogP contribution in [0.3, 0.4) is 0 Å². The van der Waals surface area contributed by atoms with Gasteiger partial charge in [0.05, 0.1) is 6.42 Å². The van der Waals surface area contributed by atoms with Gasteiger partial charge in [-0.05, 0) is 24.3 Å². The Kier molecular flexibility index (Phi) is 4.48. The van der Waals surface area contributed by atoms with E-state index >= 15 is 0 Å². The summed E-state index contributed by atoms with van der Waals surface area (Å²) in [6.07, 6.45) is 0.514. The lowest BCUT2D eigenvalue weighted by molar-refractivity contribution is -0.115. The van der Waals surface area contributed by atoms with Crippen molar-refractivity contribution in [2.75, 3.05) is 5.32 Å². The maximum Gasteiger partial charge on any atom is 0.228 e.